The van der Waals surface area contributed by atoms with Gasteiger partial charge < -0.3 is 0 Å². The lowest BCUT2D eigenvalue weighted by molar-refractivity contribution is 0.274. The Labute approximate surface area is 122 Å². The van der Waals surface area contributed by atoms with Gasteiger partial charge in [-0.05, 0) is 0 Å². The minimum absolute atomic E-state index is 0.725. The van der Waals surface area contributed by atoms with Crippen LogP contribution in [0.5, 0.6) is 0 Å². The summed E-state index contributed by atoms with van der Waals surface area (Å²) in [6.07, 6.45) is 18.4. The molecule has 2 aliphatic heterocycles. The molecule has 3 rings (SSSR count). The van der Waals surface area contributed by atoms with Gasteiger partial charge in [0.05, 0.1) is 0 Å². The zero-order valence-electron chi connectivity index (χ0n) is 13.4. The predicted octanol–water partition coefficient (Wildman–Crippen LogP) is 5.13. The summed E-state index contributed by atoms with van der Waals surface area (Å²) in [5.74, 6) is 0. The van der Waals surface area contributed by atoms with Gasteiger partial charge in [0.15, 0.2) is 0 Å². The van der Waals surface area contributed by atoms with Gasteiger partial charge in [-0.15, -0.1) is 0 Å². The highest BCUT2D eigenvalue weighted by Crippen LogP contribution is 2.73. The molecule has 0 nitrogen and oxygen atoms in total. The van der Waals surface area contributed by atoms with Crippen LogP contribution in [0.2, 0.25) is 22.8 Å². The molecular weight excluding hydrogens is 226 g/mol. The van der Waals surface area contributed by atoms with Crippen LogP contribution in [0.4, 0.5) is 0 Å². The smallest absolute Gasteiger partial charge is 0.0888 e. The highest BCUT2D eigenvalue weighted by Gasteiger charge is 2.58. The lowest BCUT2D eigenvalue weighted by Crippen LogP contribution is -2.40. The highest BCUT2D eigenvalue weighted by atomic mass is 14.5. The van der Waals surface area contributed by atoms with Crippen molar-refractivity contribution in [2.24, 2.45) is 0 Å². The van der Waals surface area contributed by atoms with Crippen molar-refractivity contribution >= 4 is 14.6 Å². The van der Waals surface area contributed by atoms with Crippen molar-refractivity contribution in [3.8, 4) is 0 Å². The average molecular weight is 258 g/mol. The molecule has 0 aromatic heterocycles. The van der Waals surface area contributed by atoms with Gasteiger partial charge in [0.2, 0.25) is 0 Å². The van der Waals surface area contributed by atoms with Crippen LogP contribution in [-0.4, -0.2) is 14.6 Å². The molecule has 0 N–H and O–H groups in total. The zero-order chi connectivity index (χ0) is 13.4. The molecule has 2 heterocycles. The topological polar surface area (TPSA) is 0 Å². The molecule has 19 heavy (non-hydrogen) atoms. The van der Waals surface area contributed by atoms with E-state index in [4.69, 9.17) is 0 Å². The van der Waals surface area contributed by atoms with Gasteiger partial charge in [-0.2, -0.15) is 0 Å². The minimum Gasteiger partial charge on any atom is -0.0888 e. The Balaban J connectivity index is 1.87. The standard InChI is InChI=1S/C17H32B2/c1-15-9-8-12-17(19-15,14-13-15)16(18-2)10-6-4-3-5-7-11-16/h18-19H,3-14H2,1-2H3. The van der Waals surface area contributed by atoms with E-state index in [1.165, 1.54) is 58.6 Å². The Bertz CT molecular complexity index is 319. The molecule has 2 bridgehead atoms. The summed E-state index contributed by atoms with van der Waals surface area (Å²) in [6.45, 7) is 5.11. The molecule has 0 amide bonds. The summed E-state index contributed by atoms with van der Waals surface area (Å²) in [5, 5.41) is 2.21. The SMILES string of the molecule is CBC1(C23BC(C)(CCC2)CC3)CCCCCCC1. The van der Waals surface area contributed by atoms with Crippen molar-refractivity contribution in [3.63, 3.8) is 0 Å². The number of hydrogen-bond acceptors (Lipinski definition) is 0. The Kier molecular flexibility index (Phi) is 3.82. The van der Waals surface area contributed by atoms with Crippen LogP contribution in [0.15, 0.2) is 0 Å². The average Bonchev–Trinajstić information content (AvgIpc) is 2.61. The fourth-order valence-corrected chi connectivity index (χ4v) is 6.37. The van der Waals surface area contributed by atoms with Crippen LogP contribution < -0.4 is 0 Å². The molecule has 0 spiro atoms. The van der Waals surface area contributed by atoms with Gasteiger partial charge >= 0.3 is 0 Å². The maximum atomic E-state index is 2.60. The molecule has 2 unspecified atom stereocenters. The van der Waals surface area contributed by atoms with Crippen LogP contribution >= 0.6 is 0 Å². The van der Waals surface area contributed by atoms with Crippen LogP contribution in [0.3, 0.4) is 0 Å². The first-order valence-corrected chi connectivity index (χ1v) is 9.14. The molecule has 1 aliphatic carbocycles. The van der Waals surface area contributed by atoms with Gasteiger partial charge in [0.1, 0.15) is 14.6 Å². The molecule has 0 aromatic carbocycles. The Morgan fingerprint density at radius 3 is 2.11 bits per heavy atom. The number of rotatable bonds is 2. The number of fused-ring (bicyclic) bond motifs is 2. The van der Waals surface area contributed by atoms with Crippen LogP contribution in [0, 0.1) is 0 Å². The van der Waals surface area contributed by atoms with E-state index in [1.54, 1.807) is 33.0 Å². The van der Waals surface area contributed by atoms with Crippen LogP contribution in [-0.2, 0) is 0 Å². The van der Waals surface area contributed by atoms with E-state index < -0.39 is 0 Å². The molecule has 106 valence electrons. The molecule has 3 fully saturated rings. The molecule has 0 aromatic rings. The van der Waals surface area contributed by atoms with E-state index in [-0.39, 0.29) is 0 Å². The van der Waals surface area contributed by atoms with Crippen molar-refractivity contribution in [2.75, 3.05) is 0 Å². The summed E-state index contributed by atoms with van der Waals surface area (Å²) in [5.41, 5.74) is 0. The maximum absolute atomic E-state index is 2.60. The van der Waals surface area contributed by atoms with E-state index in [9.17, 15) is 0 Å². The fraction of sp³-hybridized carbons (Fsp3) is 1.00. The van der Waals surface area contributed by atoms with Crippen molar-refractivity contribution in [1.82, 2.24) is 0 Å². The summed E-state index contributed by atoms with van der Waals surface area (Å²) >= 11 is 0. The first-order chi connectivity index (χ1) is 9.14. The summed E-state index contributed by atoms with van der Waals surface area (Å²) in [6, 6.07) is 0. The van der Waals surface area contributed by atoms with E-state index >= 15 is 0 Å². The molecule has 0 radical (unpaired) electrons. The first kappa shape index (κ1) is 14.1. The van der Waals surface area contributed by atoms with E-state index in [2.05, 4.69) is 13.7 Å². The molecule has 2 atom stereocenters. The van der Waals surface area contributed by atoms with Gasteiger partial charge in [0, 0.05) is 0 Å². The molecule has 3 aliphatic rings. The second-order valence-electron chi connectivity index (χ2n) is 8.52. The van der Waals surface area contributed by atoms with E-state index in [0.29, 0.717) is 0 Å². The molecule has 2 saturated heterocycles. The van der Waals surface area contributed by atoms with E-state index in [1.807, 2.05) is 0 Å². The fourth-order valence-electron chi connectivity index (χ4n) is 6.37. The van der Waals surface area contributed by atoms with Gasteiger partial charge in [-0.3, -0.25) is 0 Å². The maximum Gasteiger partial charge on any atom is 0.134 e. The monoisotopic (exact) mass is 258 g/mol. The second-order valence-corrected chi connectivity index (χ2v) is 8.52. The quantitative estimate of drug-likeness (QED) is 0.602. The van der Waals surface area contributed by atoms with E-state index in [0.717, 1.165) is 15.9 Å². The largest absolute Gasteiger partial charge is 0.134 e. The van der Waals surface area contributed by atoms with Crippen molar-refractivity contribution < 1.29 is 0 Å². The predicted molar refractivity (Wildman–Crippen MR) is 89.3 cm³/mol. The Morgan fingerprint density at radius 1 is 0.737 bits per heavy atom. The zero-order valence-corrected chi connectivity index (χ0v) is 13.4. The lowest BCUT2D eigenvalue weighted by Gasteiger charge is -2.53. The van der Waals surface area contributed by atoms with Crippen molar-refractivity contribution in [2.45, 2.75) is 107 Å². The third-order valence-electron chi connectivity index (χ3n) is 7.52. The summed E-state index contributed by atoms with van der Waals surface area (Å²) in [7, 11) is 3.04. The van der Waals surface area contributed by atoms with Crippen LogP contribution in [0.1, 0.15) is 84.0 Å². The van der Waals surface area contributed by atoms with Gasteiger partial charge in [-0.25, -0.2) is 0 Å². The summed E-state index contributed by atoms with van der Waals surface area (Å²) < 4.78 is 0. The van der Waals surface area contributed by atoms with Crippen molar-refractivity contribution in [1.29, 1.82) is 0 Å². The normalized spacial score (nSPS) is 42.0. The van der Waals surface area contributed by atoms with Crippen LogP contribution in [0.25, 0.3) is 0 Å². The molecular formula is C17H32B2. The second kappa shape index (κ2) is 5.15. The third kappa shape index (κ3) is 2.32. The highest BCUT2D eigenvalue weighted by molar-refractivity contribution is 6.51. The first-order valence-electron chi connectivity index (χ1n) is 9.14. The Hall–Kier alpha value is 0.130. The number of hydrogen-bond donors (Lipinski definition) is 0. The summed E-state index contributed by atoms with van der Waals surface area (Å²) in [4.78, 5) is 0. The van der Waals surface area contributed by atoms with Crippen molar-refractivity contribution in [3.05, 3.63) is 0 Å². The minimum atomic E-state index is 0.725. The molecule has 1 saturated carbocycles. The van der Waals surface area contributed by atoms with Gasteiger partial charge in [0.25, 0.3) is 0 Å². The third-order valence-corrected chi connectivity index (χ3v) is 7.52. The van der Waals surface area contributed by atoms with Gasteiger partial charge in [-0.1, -0.05) is 107 Å². The molecule has 2 heteroatoms. The lowest BCUT2D eigenvalue weighted by atomic mass is 9.25. The Morgan fingerprint density at radius 2 is 1.42 bits per heavy atom.